The normalized spacial score (nSPS) is 46.5. The maximum Gasteiger partial charge on any atom is 0.522 e. The predicted octanol–water partition coefficient (Wildman–Crippen LogP) is 10.1. The lowest BCUT2D eigenvalue weighted by atomic mass is 9.81. The van der Waals surface area contributed by atoms with E-state index >= 15 is 0 Å². The molecule has 34 heteroatoms. The van der Waals surface area contributed by atoms with Crippen molar-refractivity contribution in [1.29, 1.82) is 0 Å². The Morgan fingerprint density at radius 3 is 1.31 bits per heavy atom. The number of nitrogens with two attached hydrogens (primary N) is 1. The summed E-state index contributed by atoms with van der Waals surface area (Å²) in [6.45, 7) is 31.8. The van der Waals surface area contributed by atoms with E-state index in [9.17, 15) is 46.2 Å². The van der Waals surface area contributed by atoms with Gasteiger partial charge in [-0.25, -0.2) is 4.79 Å². The van der Waals surface area contributed by atoms with Crippen molar-refractivity contribution in [2.45, 2.75) is 439 Å². The highest BCUT2D eigenvalue weighted by Gasteiger charge is 2.71. The fraction of sp³-hybridized carbons (Fsp3) is 0.876. The minimum Gasteiger partial charge on any atom is -0.444 e. The van der Waals surface area contributed by atoms with Crippen molar-refractivity contribution in [2.24, 2.45) is 29.4 Å². The molecule has 0 aliphatic carbocycles. The Kier molecular flexibility index (Phi) is 28.0. The van der Waals surface area contributed by atoms with Crippen LogP contribution >= 0.6 is 0 Å². The van der Waals surface area contributed by atoms with Crippen LogP contribution in [0.25, 0.3) is 0 Å². The van der Waals surface area contributed by atoms with Gasteiger partial charge in [0.05, 0.1) is 134 Å². The van der Waals surface area contributed by atoms with Crippen LogP contribution in [0.4, 0.5) is 18.0 Å². The van der Waals surface area contributed by atoms with Crippen LogP contribution in [-0.2, 0) is 114 Å². The molecular weight excluding hydrogens is 1650 g/mol. The summed E-state index contributed by atoms with van der Waals surface area (Å²) < 4.78 is 185. The van der Waals surface area contributed by atoms with E-state index in [0.717, 1.165) is 106 Å². The van der Waals surface area contributed by atoms with Gasteiger partial charge < -0.3 is 115 Å². The first-order chi connectivity index (χ1) is 58.2. The molecule has 20 heterocycles. The second-order valence-electron chi connectivity index (χ2n) is 40.6. The average molecular weight is 1780 g/mol. The summed E-state index contributed by atoms with van der Waals surface area (Å²) in [7, 11) is -4.82. The molecule has 1 amide bonds. The number of ether oxygens (including phenoxy) is 19. The standard InChI is InChI=1S/C45H67NO13.C40H59NO11.C4H9F3O3SSi/c1-22-14-27-8-10-31-23(2)15-29(51-31)12-13-45-20-36-39(57-45)40-41(56-36)42(58-45)38-32(55-40)11-9-28(53-38)16-25(47)17-30-34(19-33(52-27)24(22)3)54-35(37(30)50-7)18-26(48)21-46-43(49)59-44(4,5)6;1-19-11-24-5-7-28-20(2)12-26(45-28)9-10-40-17-33-36(51-40)37-38(50-33)39(52-40)35-29(49-37)8-6-25(47-35)13-22(42)14-27-31(16-30(46-24)21(19)3)48-32(34(27)44-4)15-23(43)18-41;1-12(2,3)10-11(8,9)4(5,6)7/h22,26-42,48H,2-3,8-21H2,1,4-7H3,(H,46,49);19,23-39,43H,2-3,5-18,41H2,1,4H3;1-3H3/t22-,26+,27+,28?,29?,30+,31?,32+,33?,34+,35-,36-,37-,38+,39+,40+,41-,42+,45+;19-,23+,24+,25?,26?,27+,28?,29+,30?,31+,32-,33-,34-,35+,36+,37+,38-,39+,40+;/m11./s1. The summed E-state index contributed by atoms with van der Waals surface area (Å²) in [6.07, 6.45) is 7.63. The molecule has 20 aliphatic rings. The first-order valence-corrected chi connectivity index (χ1v) is 50.4. The number of ketones is 2. The Balaban J connectivity index is 0.000000162. The zero-order chi connectivity index (χ0) is 87.5. The van der Waals surface area contributed by atoms with Crippen LogP contribution in [0.5, 0.6) is 0 Å². The lowest BCUT2D eigenvalue weighted by molar-refractivity contribution is -0.292. The predicted molar refractivity (Wildman–Crippen MR) is 437 cm³/mol. The molecule has 0 aromatic rings. The van der Waals surface area contributed by atoms with Crippen molar-refractivity contribution in [1.82, 2.24) is 5.32 Å². The number of carbonyl (C=O) groups is 3. The molecule has 2 spiro atoms. The van der Waals surface area contributed by atoms with E-state index in [0.29, 0.717) is 51.4 Å². The second kappa shape index (κ2) is 37.0. The van der Waals surface area contributed by atoms with Gasteiger partial charge in [-0.1, -0.05) is 40.2 Å². The van der Waals surface area contributed by atoms with Gasteiger partial charge in [0.1, 0.15) is 78.2 Å². The summed E-state index contributed by atoms with van der Waals surface area (Å²) in [5.74, 6) is -1.44. The van der Waals surface area contributed by atoms with Gasteiger partial charge >= 0.3 is 21.7 Å². The van der Waals surface area contributed by atoms with Crippen LogP contribution in [0, 0.1) is 23.7 Å². The minimum absolute atomic E-state index is 0.000416. The smallest absolute Gasteiger partial charge is 0.444 e. The zero-order valence-corrected chi connectivity index (χ0v) is 74.9. The van der Waals surface area contributed by atoms with Crippen molar-refractivity contribution < 1.29 is 140 Å². The number of aliphatic hydroxyl groups is 2. The number of Topliss-reactive ketones (excluding diaryl/α,β-unsaturated/α-hetero) is 2. The molecule has 20 aliphatic heterocycles. The number of methoxy groups -OCH3 is 2. The first-order valence-electron chi connectivity index (χ1n) is 45.6. The third kappa shape index (κ3) is 20.4. The maximum absolute atomic E-state index is 14.2. The number of hydrogen-bond donors (Lipinski definition) is 4. The first kappa shape index (κ1) is 92.9. The molecule has 123 heavy (non-hydrogen) atoms. The molecule has 29 nitrogen and oxygen atoms in total. The van der Waals surface area contributed by atoms with Crippen molar-refractivity contribution in [3.05, 3.63) is 48.6 Å². The molecule has 38 atom stereocenters. The van der Waals surface area contributed by atoms with E-state index in [4.69, 9.17) is 95.7 Å². The van der Waals surface area contributed by atoms with Gasteiger partial charge in [-0.15, -0.1) is 0 Å². The highest BCUT2D eigenvalue weighted by Crippen LogP contribution is 2.58. The van der Waals surface area contributed by atoms with Crippen molar-refractivity contribution in [3.8, 4) is 0 Å². The van der Waals surface area contributed by atoms with E-state index in [1.165, 1.54) is 19.6 Å². The summed E-state index contributed by atoms with van der Waals surface area (Å²) in [4.78, 5) is 40.7. The van der Waals surface area contributed by atoms with Gasteiger partial charge in [-0.2, -0.15) is 21.6 Å². The van der Waals surface area contributed by atoms with Gasteiger partial charge in [-0.3, -0.25) is 9.59 Å². The molecule has 694 valence electrons. The lowest BCUT2D eigenvalue weighted by Crippen LogP contribution is -2.61. The third-order valence-electron chi connectivity index (χ3n) is 29.2. The van der Waals surface area contributed by atoms with Crippen molar-refractivity contribution in [2.75, 3.05) is 27.3 Å². The molecule has 5 N–H and O–H groups in total. The number of halogens is 3. The molecule has 8 unspecified atom stereocenters. The van der Waals surface area contributed by atoms with Crippen LogP contribution in [0.2, 0.25) is 19.6 Å². The van der Waals surface area contributed by atoms with Gasteiger partial charge in [0.25, 0.3) is 0 Å². The van der Waals surface area contributed by atoms with Gasteiger partial charge in [0.2, 0.25) is 8.32 Å². The van der Waals surface area contributed by atoms with Crippen LogP contribution in [0.3, 0.4) is 0 Å². The Morgan fingerprint density at radius 1 is 0.504 bits per heavy atom. The molecule has 20 saturated heterocycles. The molecule has 20 fully saturated rings. The number of nitrogens with one attached hydrogen (secondary N) is 1. The highest BCUT2D eigenvalue weighted by atomic mass is 32.2. The molecule has 0 aromatic carbocycles. The third-order valence-corrected chi connectivity index (χ3v) is 32.7. The Labute approximate surface area is 722 Å². The molecule has 24 bridgehead atoms. The van der Waals surface area contributed by atoms with E-state index < -0.39 is 83.8 Å². The fourth-order valence-corrected chi connectivity index (χ4v) is 26.4. The van der Waals surface area contributed by atoms with Gasteiger partial charge in [0, 0.05) is 116 Å². The number of aliphatic hydroxyl groups excluding tert-OH is 2. The molecule has 20 rings (SSSR count). The number of carbonyl (C=O) groups excluding carboxylic acids is 3. The number of amides is 1. The second-order valence-corrected chi connectivity index (χ2v) is 46.9. The van der Waals surface area contributed by atoms with Crippen LogP contribution in [0.1, 0.15) is 202 Å². The summed E-state index contributed by atoms with van der Waals surface area (Å²) >= 11 is 0. The molecular formula is C89H135F3N2O27SSi. The number of fused-ring (bicyclic) bond motifs is 12. The van der Waals surface area contributed by atoms with E-state index in [-0.39, 0.29) is 239 Å². The van der Waals surface area contributed by atoms with E-state index in [1.807, 2.05) is 0 Å². The van der Waals surface area contributed by atoms with Crippen molar-refractivity contribution in [3.63, 3.8) is 0 Å². The van der Waals surface area contributed by atoms with Gasteiger partial charge in [0.15, 0.2) is 11.6 Å². The van der Waals surface area contributed by atoms with Crippen LogP contribution in [0.15, 0.2) is 48.6 Å². The van der Waals surface area contributed by atoms with Crippen LogP contribution in [-0.4, -0.2) is 290 Å². The molecule has 0 saturated carbocycles. The maximum atomic E-state index is 14.2. The zero-order valence-electron chi connectivity index (χ0n) is 73.1. The Hall–Kier alpha value is -3.35. The molecule has 0 radical (unpaired) electrons. The monoisotopic (exact) mass is 1780 g/mol. The average Bonchev–Trinajstić information content (AvgIpc) is 1.55. The fourth-order valence-electron chi connectivity index (χ4n) is 23.4. The number of alkyl carbamates (subject to hydrolysis) is 1. The summed E-state index contributed by atoms with van der Waals surface area (Å²) in [6, 6.07) is 0. The van der Waals surface area contributed by atoms with E-state index in [1.54, 1.807) is 35.0 Å². The number of alkyl halides is 3. The Morgan fingerprint density at radius 2 is 0.902 bits per heavy atom. The summed E-state index contributed by atoms with van der Waals surface area (Å²) in [5.41, 5.74) is 4.17. The minimum atomic E-state index is -5.39. The Bertz CT molecular complexity index is 3930. The van der Waals surface area contributed by atoms with E-state index in [2.05, 4.69) is 49.4 Å². The van der Waals surface area contributed by atoms with Crippen LogP contribution < -0.4 is 11.1 Å². The van der Waals surface area contributed by atoms with Gasteiger partial charge in [-0.05, 0) is 164 Å². The van der Waals surface area contributed by atoms with Crippen molar-refractivity contribution >= 4 is 36.1 Å². The topological polar surface area (TPSA) is 348 Å². The lowest BCUT2D eigenvalue weighted by Gasteiger charge is -2.47. The quantitative estimate of drug-likeness (QED) is 0.0848. The molecule has 0 aromatic heterocycles. The number of rotatable bonds is 11. The summed E-state index contributed by atoms with van der Waals surface area (Å²) in [5, 5.41) is 24.3. The number of hydrogen-bond acceptors (Lipinski definition) is 28. The highest BCUT2D eigenvalue weighted by molar-refractivity contribution is 7.88. The largest absolute Gasteiger partial charge is 0.522 e. The SMILES string of the molecule is C=C1CC2CC[C@@]34C[C@H]5O[C@H]6[C@@H](O3)[C@H]3OC(CC[C@@H]3O[C@H]6[C@H]5O4)CC(=O)C[C@@H]3[C@@H](OC)[C@@H](C[C@H](O)CN)O[C@H]3CC3O[C@@H](CCC1O2)C[C@@H](C)C3=C.C=C1CC2CC[C@@]34C[C@H]5O[C@H]6[C@@H](O3)[C@H]3OC(CC[C@@H]3O[C@H]6[C@H]5O4)CC(=O)C[C@@H]3[C@@H](OC)[C@@H](C[C@H](O)CNC(=O)OC(C)(C)C)O[C@H]3CC3O[C@@H](CCC1O2)C[C@@H](C)C3=C.C[Si](C)(C)OS(=O)(=O)C(F)(F)F.